The zero-order chi connectivity index (χ0) is 16.7. The first-order valence-corrected chi connectivity index (χ1v) is 9.23. The molecule has 2 bridgehead atoms. The van der Waals surface area contributed by atoms with E-state index in [2.05, 4.69) is 22.8 Å². The van der Waals surface area contributed by atoms with Crippen molar-refractivity contribution in [3.63, 3.8) is 0 Å². The highest BCUT2D eigenvalue weighted by Gasteiger charge is 2.58. The van der Waals surface area contributed by atoms with Gasteiger partial charge in [-0.1, -0.05) is 31.4 Å². The van der Waals surface area contributed by atoms with Gasteiger partial charge in [-0.05, 0) is 31.1 Å². The summed E-state index contributed by atoms with van der Waals surface area (Å²) in [5, 5.41) is 5.77. The molecule has 6 nitrogen and oxygen atoms in total. The quantitative estimate of drug-likeness (QED) is 0.604. The lowest BCUT2D eigenvalue weighted by Gasteiger charge is -2.23. The topological polar surface area (TPSA) is 78.5 Å². The Labute approximate surface area is 142 Å². The van der Waals surface area contributed by atoms with Gasteiger partial charge < -0.3 is 10.6 Å². The number of amides is 4. The van der Waals surface area contributed by atoms with Gasteiger partial charge in [0.2, 0.25) is 11.8 Å². The number of hydrogen-bond acceptors (Lipinski definition) is 3. The second-order valence-electron chi connectivity index (χ2n) is 7.56. The van der Waals surface area contributed by atoms with Crippen molar-refractivity contribution in [2.75, 3.05) is 13.1 Å². The number of urea groups is 1. The van der Waals surface area contributed by atoms with Crippen molar-refractivity contribution in [1.29, 1.82) is 0 Å². The first-order chi connectivity index (χ1) is 11.6. The Morgan fingerprint density at radius 3 is 2.29 bits per heavy atom. The normalized spacial score (nSPS) is 34.8. The minimum Gasteiger partial charge on any atom is -0.336 e. The van der Waals surface area contributed by atoms with Crippen LogP contribution < -0.4 is 10.6 Å². The van der Waals surface area contributed by atoms with Gasteiger partial charge in [-0.3, -0.25) is 14.5 Å². The van der Waals surface area contributed by atoms with Crippen LogP contribution in [0.25, 0.3) is 0 Å². The van der Waals surface area contributed by atoms with E-state index in [1.54, 1.807) is 0 Å². The van der Waals surface area contributed by atoms with Gasteiger partial charge in [0.05, 0.1) is 11.8 Å². The summed E-state index contributed by atoms with van der Waals surface area (Å²) >= 11 is 0. The third-order valence-corrected chi connectivity index (χ3v) is 6.12. The molecule has 1 saturated heterocycles. The Balaban J connectivity index is 1.25. The molecule has 2 N–H and O–H groups in total. The molecule has 24 heavy (non-hydrogen) atoms. The molecule has 0 aromatic heterocycles. The maximum Gasteiger partial charge on any atom is 0.315 e. The third-order valence-electron chi connectivity index (χ3n) is 6.12. The molecule has 0 spiro atoms. The lowest BCUT2D eigenvalue weighted by Crippen LogP contribution is -2.46. The number of hydrogen-bond donors (Lipinski definition) is 2. The standard InChI is InChI=1S/C18H25N3O3/c22-16-14-11-6-7-12(10-11)15(14)17(23)21(16)9-8-19-18(24)20-13-4-2-1-3-5-13/h6-7,11-15H,1-5,8-10H2,(H2,19,20,24)/t11-,12-,14+,15+/m0/s1. The van der Waals surface area contributed by atoms with Gasteiger partial charge in [-0.25, -0.2) is 4.79 Å². The van der Waals surface area contributed by atoms with Crippen molar-refractivity contribution in [3.05, 3.63) is 12.2 Å². The van der Waals surface area contributed by atoms with Crippen LogP contribution in [0.1, 0.15) is 38.5 Å². The van der Waals surface area contributed by atoms with Crippen LogP contribution in [0.15, 0.2) is 12.2 Å². The van der Waals surface area contributed by atoms with E-state index in [4.69, 9.17) is 0 Å². The molecule has 1 heterocycles. The van der Waals surface area contributed by atoms with E-state index in [9.17, 15) is 14.4 Å². The molecule has 2 saturated carbocycles. The summed E-state index contributed by atoms with van der Waals surface area (Å²) in [5.41, 5.74) is 0. The van der Waals surface area contributed by atoms with E-state index in [-0.39, 0.29) is 54.1 Å². The van der Waals surface area contributed by atoms with Crippen molar-refractivity contribution in [2.45, 2.75) is 44.6 Å². The summed E-state index contributed by atoms with van der Waals surface area (Å²) in [4.78, 5) is 38.3. The smallest absolute Gasteiger partial charge is 0.315 e. The van der Waals surface area contributed by atoms with E-state index in [1.165, 1.54) is 24.2 Å². The molecule has 6 heteroatoms. The van der Waals surface area contributed by atoms with Crippen LogP contribution in [0, 0.1) is 23.7 Å². The molecule has 4 rings (SSSR count). The Morgan fingerprint density at radius 2 is 1.67 bits per heavy atom. The number of rotatable bonds is 4. The molecule has 4 atom stereocenters. The second-order valence-corrected chi connectivity index (χ2v) is 7.56. The molecule has 0 aromatic rings. The number of nitrogens with zero attached hydrogens (tertiary/aromatic N) is 1. The fourth-order valence-corrected chi connectivity index (χ4v) is 4.95. The highest BCUT2D eigenvalue weighted by molar-refractivity contribution is 6.06. The van der Waals surface area contributed by atoms with Crippen molar-refractivity contribution < 1.29 is 14.4 Å². The van der Waals surface area contributed by atoms with Crippen LogP contribution >= 0.6 is 0 Å². The summed E-state index contributed by atoms with van der Waals surface area (Å²) in [6.45, 7) is 0.598. The third kappa shape index (κ3) is 2.62. The minimum absolute atomic E-state index is 0.0451. The lowest BCUT2D eigenvalue weighted by atomic mass is 9.85. The summed E-state index contributed by atoms with van der Waals surface area (Å²) in [5.74, 6) is 0.0906. The molecule has 3 fully saturated rings. The number of likely N-dealkylation sites (tertiary alicyclic amines) is 1. The molecule has 4 aliphatic rings. The number of carbonyl (C=O) groups excluding carboxylic acids is 3. The van der Waals surface area contributed by atoms with Crippen molar-refractivity contribution in [2.24, 2.45) is 23.7 Å². The SMILES string of the molecule is O=C(NCCN1C(=O)[C@H]2[C@H](C1=O)[C@H]1C=C[C@H]2C1)NC1CCCCC1. The average molecular weight is 331 g/mol. The van der Waals surface area contributed by atoms with Crippen LogP contribution in [0.3, 0.4) is 0 Å². The van der Waals surface area contributed by atoms with Crippen LogP contribution in [-0.4, -0.2) is 41.9 Å². The summed E-state index contributed by atoms with van der Waals surface area (Å²) in [6, 6.07) is 0.0674. The second kappa shape index (κ2) is 6.22. The lowest BCUT2D eigenvalue weighted by molar-refractivity contribution is -0.140. The van der Waals surface area contributed by atoms with Crippen LogP contribution in [0.4, 0.5) is 4.79 Å². The number of allylic oxidation sites excluding steroid dienone is 2. The van der Waals surface area contributed by atoms with Gasteiger partial charge in [-0.15, -0.1) is 0 Å². The predicted molar refractivity (Wildman–Crippen MR) is 87.8 cm³/mol. The maximum atomic E-state index is 12.5. The molecule has 4 amide bonds. The Hall–Kier alpha value is -1.85. The highest BCUT2D eigenvalue weighted by Crippen LogP contribution is 2.52. The minimum atomic E-state index is -0.192. The molecule has 130 valence electrons. The molecule has 0 aromatic carbocycles. The van der Waals surface area contributed by atoms with Crippen molar-refractivity contribution >= 4 is 17.8 Å². The van der Waals surface area contributed by atoms with Crippen molar-refractivity contribution in [3.8, 4) is 0 Å². The Bertz CT molecular complexity index is 552. The fraction of sp³-hybridized carbons (Fsp3) is 0.722. The van der Waals surface area contributed by atoms with Crippen LogP contribution in [0.2, 0.25) is 0 Å². The summed E-state index contributed by atoms with van der Waals surface area (Å²) < 4.78 is 0. The van der Waals surface area contributed by atoms with E-state index >= 15 is 0 Å². The Morgan fingerprint density at radius 1 is 1.04 bits per heavy atom. The average Bonchev–Trinajstić information content (AvgIpc) is 3.25. The fourth-order valence-electron chi connectivity index (χ4n) is 4.95. The van der Waals surface area contributed by atoms with E-state index in [0.29, 0.717) is 6.54 Å². The van der Waals surface area contributed by atoms with Gasteiger partial charge in [0.15, 0.2) is 0 Å². The zero-order valence-electron chi connectivity index (χ0n) is 13.9. The maximum absolute atomic E-state index is 12.5. The molecule has 1 aliphatic heterocycles. The van der Waals surface area contributed by atoms with Gasteiger partial charge >= 0.3 is 6.03 Å². The molecule has 0 radical (unpaired) electrons. The van der Waals surface area contributed by atoms with E-state index in [1.807, 2.05) is 0 Å². The number of nitrogens with one attached hydrogen (secondary N) is 2. The summed E-state index contributed by atoms with van der Waals surface area (Å²) in [7, 11) is 0. The van der Waals surface area contributed by atoms with Gasteiger partial charge in [0.25, 0.3) is 0 Å². The highest BCUT2D eigenvalue weighted by atomic mass is 16.2. The molecular formula is C18H25N3O3. The largest absolute Gasteiger partial charge is 0.336 e. The van der Waals surface area contributed by atoms with Crippen LogP contribution in [-0.2, 0) is 9.59 Å². The monoisotopic (exact) mass is 331 g/mol. The van der Waals surface area contributed by atoms with E-state index < -0.39 is 0 Å². The molecular weight excluding hydrogens is 306 g/mol. The molecule has 0 unspecified atom stereocenters. The predicted octanol–water partition coefficient (Wildman–Crippen LogP) is 1.43. The number of imide groups is 1. The van der Waals surface area contributed by atoms with E-state index in [0.717, 1.165) is 19.3 Å². The van der Waals surface area contributed by atoms with Crippen molar-refractivity contribution in [1.82, 2.24) is 15.5 Å². The Kier molecular flexibility index (Phi) is 4.06. The summed E-state index contributed by atoms with van der Waals surface area (Å²) in [6.07, 6.45) is 10.8. The first kappa shape index (κ1) is 15.7. The van der Waals surface area contributed by atoms with Gasteiger partial charge in [0, 0.05) is 19.1 Å². The molecule has 3 aliphatic carbocycles. The number of carbonyl (C=O) groups is 3. The van der Waals surface area contributed by atoms with Crippen LogP contribution in [0.5, 0.6) is 0 Å². The number of fused-ring (bicyclic) bond motifs is 5. The van der Waals surface area contributed by atoms with Gasteiger partial charge in [-0.2, -0.15) is 0 Å². The first-order valence-electron chi connectivity index (χ1n) is 9.23. The van der Waals surface area contributed by atoms with Gasteiger partial charge in [0.1, 0.15) is 0 Å². The zero-order valence-corrected chi connectivity index (χ0v) is 13.9.